The molecule has 0 saturated carbocycles. The van der Waals surface area contributed by atoms with Gasteiger partial charge in [-0.2, -0.15) is 0 Å². The number of amides is 1. The van der Waals surface area contributed by atoms with E-state index in [0.29, 0.717) is 12.5 Å². The van der Waals surface area contributed by atoms with Crippen molar-refractivity contribution in [2.75, 3.05) is 26.7 Å². The van der Waals surface area contributed by atoms with Crippen LogP contribution in [0.2, 0.25) is 0 Å². The maximum absolute atomic E-state index is 12.3. The second-order valence-corrected chi connectivity index (χ2v) is 6.49. The number of fused-ring (bicyclic) bond motifs is 1. The van der Waals surface area contributed by atoms with Gasteiger partial charge < -0.3 is 15.5 Å². The van der Waals surface area contributed by atoms with Crippen molar-refractivity contribution >= 4 is 47.2 Å². The molecule has 0 spiro atoms. The Morgan fingerprint density at radius 1 is 1.39 bits per heavy atom. The molecule has 0 aliphatic carbocycles. The summed E-state index contributed by atoms with van der Waals surface area (Å²) in [5.41, 5.74) is 1.30. The van der Waals surface area contributed by atoms with Crippen LogP contribution < -0.4 is 10.6 Å². The maximum Gasteiger partial charge on any atom is 0.242 e. The van der Waals surface area contributed by atoms with E-state index in [9.17, 15) is 4.79 Å². The highest BCUT2D eigenvalue weighted by Gasteiger charge is 2.21. The van der Waals surface area contributed by atoms with Gasteiger partial charge in [0.1, 0.15) is 0 Å². The van der Waals surface area contributed by atoms with Crippen molar-refractivity contribution < 1.29 is 4.79 Å². The molecule has 1 aliphatic rings. The van der Waals surface area contributed by atoms with Crippen molar-refractivity contribution in [2.24, 2.45) is 4.99 Å². The van der Waals surface area contributed by atoms with E-state index in [1.54, 1.807) is 18.4 Å². The van der Waals surface area contributed by atoms with Crippen molar-refractivity contribution in [2.45, 2.75) is 39.2 Å². The Bertz CT molecular complexity index is 518. The summed E-state index contributed by atoms with van der Waals surface area (Å²) in [5.74, 6) is 0.839. The van der Waals surface area contributed by atoms with Gasteiger partial charge in [0.25, 0.3) is 0 Å². The van der Waals surface area contributed by atoms with Gasteiger partial charge in [-0.25, -0.2) is 0 Å². The van der Waals surface area contributed by atoms with Crippen LogP contribution in [0.15, 0.2) is 16.4 Å². The third kappa shape index (κ3) is 6.29. The summed E-state index contributed by atoms with van der Waals surface area (Å²) < 4.78 is 0. The van der Waals surface area contributed by atoms with Crippen molar-refractivity contribution in [3.8, 4) is 0 Å². The smallest absolute Gasteiger partial charge is 0.242 e. The number of hydrogen-bond acceptors (Lipinski definition) is 3. The van der Waals surface area contributed by atoms with Crippen molar-refractivity contribution in [1.82, 2.24) is 15.5 Å². The molecule has 2 N–H and O–H groups in total. The van der Waals surface area contributed by atoms with Gasteiger partial charge in [-0.3, -0.25) is 9.79 Å². The number of carbonyl (C=O) groups excluding carboxylic acids is 1. The molecule has 2 heterocycles. The number of rotatable bonds is 6. The first-order valence-electron chi connectivity index (χ1n) is 8.02. The highest BCUT2D eigenvalue weighted by atomic mass is 127. The number of hydrogen-bond donors (Lipinski definition) is 2. The van der Waals surface area contributed by atoms with Crippen LogP contribution in [0.1, 0.15) is 36.6 Å². The summed E-state index contributed by atoms with van der Waals surface area (Å²) in [6, 6.07) is 2.13. The molecule has 0 aromatic carbocycles. The topological polar surface area (TPSA) is 56.7 Å². The van der Waals surface area contributed by atoms with E-state index in [1.165, 1.54) is 23.3 Å². The van der Waals surface area contributed by atoms with Gasteiger partial charge in [0.05, 0.1) is 6.54 Å². The highest BCUT2D eigenvalue weighted by molar-refractivity contribution is 14.0. The molecule has 7 heteroatoms. The van der Waals surface area contributed by atoms with Gasteiger partial charge in [0, 0.05) is 31.6 Å². The lowest BCUT2D eigenvalue weighted by atomic mass is 10.1. The van der Waals surface area contributed by atoms with Gasteiger partial charge in [0.2, 0.25) is 5.91 Å². The van der Waals surface area contributed by atoms with Crippen LogP contribution in [-0.2, 0) is 17.8 Å². The third-order valence-electron chi connectivity index (χ3n) is 3.86. The number of nitrogens with one attached hydrogen (secondary N) is 2. The minimum Gasteiger partial charge on any atom is -0.356 e. The molecule has 0 unspecified atom stereocenters. The van der Waals surface area contributed by atoms with E-state index in [2.05, 4.69) is 34.0 Å². The first-order valence-corrected chi connectivity index (χ1v) is 8.90. The molecule has 0 saturated heterocycles. The molecule has 1 aliphatic heterocycles. The number of nitrogens with zero attached hydrogens (tertiary/aromatic N) is 2. The standard InChI is InChI=1S/C16H26N4OS.HI/c1-3-4-5-8-18-16(17-2)19-11-15(21)20-9-6-14-13(12-20)7-10-22-14;/h7,10H,3-6,8-9,11-12H2,1-2H3,(H2,17,18,19);1H. The van der Waals surface area contributed by atoms with Gasteiger partial charge >= 0.3 is 0 Å². The Balaban J connectivity index is 0.00000264. The number of carbonyl (C=O) groups is 1. The Kier molecular flexibility index (Phi) is 9.54. The van der Waals surface area contributed by atoms with E-state index in [-0.39, 0.29) is 29.9 Å². The number of halogens is 1. The Morgan fingerprint density at radius 2 is 2.22 bits per heavy atom. The quantitative estimate of drug-likeness (QED) is 0.303. The number of thiophene rings is 1. The first-order chi connectivity index (χ1) is 10.7. The lowest BCUT2D eigenvalue weighted by molar-refractivity contribution is -0.130. The van der Waals surface area contributed by atoms with E-state index in [4.69, 9.17) is 0 Å². The lowest BCUT2D eigenvalue weighted by Gasteiger charge is -2.27. The molecule has 1 amide bonds. The molecule has 23 heavy (non-hydrogen) atoms. The van der Waals surface area contributed by atoms with Gasteiger partial charge in [-0.1, -0.05) is 19.8 Å². The van der Waals surface area contributed by atoms with E-state index < -0.39 is 0 Å². The zero-order valence-corrected chi connectivity index (χ0v) is 17.1. The fraction of sp³-hybridized carbons (Fsp3) is 0.625. The summed E-state index contributed by atoms with van der Waals surface area (Å²) in [4.78, 5) is 19.8. The predicted molar refractivity (Wildman–Crippen MR) is 108 cm³/mol. The summed E-state index contributed by atoms with van der Waals surface area (Å²) in [6.07, 6.45) is 4.51. The summed E-state index contributed by atoms with van der Waals surface area (Å²) in [7, 11) is 1.73. The van der Waals surface area contributed by atoms with Crippen molar-refractivity contribution in [3.63, 3.8) is 0 Å². The molecular weight excluding hydrogens is 423 g/mol. The molecule has 0 fully saturated rings. The first kappa shape index (κ1) is 20.2. The Hall–Kier alpha value is -0.830. The van der Waals surface area contributed by atoms with Crippen LogP contribution >= 0.6 is 35.3 Å². The molecule has 2 rings (SSSR count). The second-order valence-electron chi connectivity index (χ2n) is 5.49. The lowest BCUT2D eigenvalue weighted by Crippen LogP contribution is -2.45. The molecule has 1 aromatic rings. The summed E-state index contributed by atoms with van der Waals surface area (Å²) in [5, 5.41) is 8.47. The number of unbranched alkanes of at least 4 members (excludes halogenated alkanes) is 2. The Labute approximate surface area is 160 Å². The van der Waals surface area contributed by atoms with Gasteiger partial charge in [-0.15, -0.1) is 35.3 Å². The second kappa shape index (κ2) is 10.9. The van der Waals surface area contributed by atoms with Gasteiger partial charge in [0.15, 0.2) is 5.96 Å². The zero-order valence-electron chi connectivity index (χ0n) is 13.9. The Morgan fingerprint density at radius 3 is 2.96 bits per heavy atom. The number of aliphatic imine (C=N–C) groups is 1. The average Bonchev–Trinajstić information content (AvgIpc) is 3.01. The molecule has 0 bridgehead atoms. The fourth-order valence-corrected chi connectivity index (χ4v) is 3.42. The van der Waals surface area contributed by atoms with Gasteiger partial charge in [-0.05, 0) is 29.9 Å². The van der Waals surface area contributed by atoms with E-state index >= 15 is 0 Å². The maximum atomic E-state index is 12.3. The molecular formula is C16H27IN4OS. The molecule has 0 radical (unpaired) electrons. The minimum absolute atomic E-state index is 0. The van der Waals surface area contributed by atoms with E-state index in [0.717, 1.165) is 32.5 Å². The minimum atomic E-state index is 0. The van der Waals surface area contributed by atoms with E-state index in [1.807, 2.05) is 4.90 Å². The summed E-state index contributed by atoms with van der Waals surface area (Å²) in [6.45, 7) is 4.93. The predicted octanol–water partition coefficient (Wildman–Crippen LogP) is 2.61. The van der Waals surface area contributed by atoms with Crippen LogP contribution in [0.4, 0.5) is 0 Å². The largest absolute Gasteiger partial charge is 0.356 e. The third-order valence-corrected chi connectivity index (χ3v) is 4.89. The molecule has 130 valence electrons. The molecule has 0 atom stereocenters. The monoisotopic (exact) mass is 450 g/mol. The normalized spacial score (nSPS) is 14.0. The van der Waals surface area contributed by atoms with Crippen LogP contribution in [0, 0.1) is 0 Å². The van der Waals surface area contributed by atoms with Crippen molar-refractivity contribution in [3.05, 3.63) is 21.9 Å². The van der Waals surface area contributed by atoms with Crippen LogP contribution in [0.25, 0.3) is 0 Å². The van der Waals surface area contributed by atoms with Crippen LogP contribution in [0.5, 0.6) is 0 Å². The zero-order chi connectivity index (χ0) is 15.8. The average molecular weight is 450 g/mol. The van der Waals surface area contributed by atoms with Crippen molar-refractivity contribution in [1.29, 1.82) is 0 Å². The van der Waals surface area contributed by atoms with Crippen LogP contribution in [-0.4, -0.2) is 43.4 Å². The fourth-order valence-electron chi connectivity index (χ4n) is 2.53. The number of guanidine groups is 1. The highest BCUT2D eigenvalue weighted by Crippen LogP contribution is 2.23. The molecule has 5 nitrogen and oxygen atoms in total. The SMILES string of the molecule is CCCCCNC(=NC)NCC(=O)N1CCc2sccc2C1.I. The molecule has 1 aromatic heterocycles. The summed E-state index contributed by atoms with van der Waals surface area (Å²) >= 11 is 1.79. The van der Waals surface area contributed by atoms with Crippen LogP contribution in [0.3, 0.4) is 0 Å².